The van der Waals surface area contributed by atoms with E-state index in [9.17, 15) is 9.59 Å². The molecule has 4 heteroatoms. The first kappa shape index (κ1) is 13.4. The highest BCUT2D eigenvalue weighted by Gasteiger charge is 2.75. The van der Waals surface area contributed by atoms with Gasteiger partial charge in [0.25, 0.3) is 5.91 Å². The van der Waals surface area contributed by atoms with Gasteiger partial charge < -0.3 is 10.1 Å². The van der Waals surface area contributed by atoms with Crippen molar-refractivity contribution in [2.24, 2.45) is 10.8 Å². The van der Waals surface area contributed by atoms with Gasteiger partial charge in [0.2, 0.25) is 0 Å². The van der Waals surface area contributed by atoms with Crippen LogP contribution in [0.2, 0.25) is 0 Å². The normalized spacial score (nSPS) is 37.6. The third kappa shape index (κ3) is 1.38. The summed E-state index contributed by atoms with van der Waals surface area (Å²) in [5.41, 5.74) is -2.32. The minimum Gasteiger partial charge on any atom is -0.448 e. The molecule has 2 atom stereocenters. The third-order valence-electron chi connectivity index (χ3n) is 4.94. The van der Waals surface area contributed by atoms with Crippen molar-refractivity contribution in [3.63, 3.8) is 0 Å². The fourth-order valence-electron chi connectivity index (χ4n) is 3.19. The molecular weight excluding hydrogens is 230 g/mol. The van der Waals surface area contributed by atoms with Crippen LogP contribution in [-0.4, -0.2) is 23.0 Å². The number of esters is 1. The van der Waals surface area contributed by atoms with Crippen molar-refractivity contribution in [1.29, 1.82) is 0 Å². The highest BCUT2D eigenvalue weighted by atomic mass is 16.6. The first-order valence-corrected chi connectivity index (χ1v) is 6.52. The first-order chi connectivity index (χ1) is 7.96. The van der Waals surface area contributed by atoms with Crippen molar-refractivity contribution in [2.75, 3.05) is 0 Å². The lowest BCUT2D eigenvalue weighted by atomic mass is 9.66. The van der Waals surface area contributed by atoms with Crippen LogP contribution in [-0.2, 0) is 14.3 Å². The van der Waals surface area contributed by atoms with E-state index in [-0.39, 0.29) is 17.4 Å². The minimum atomic E-state index is -0.994. The number of ether oxygens (including phenoxy) is 1. The molecule has 1 aliphatic heterocycles. The molecule has 4 nitrogen and oxygen atoms in total. The van der Waals surface area contributed by atoms with Crippen LogP contribution in [0, 0.1) is 10.8 Å². The van der Waals surface area contributed by atoms with E-state index in [4.69, 9.17) is 4.74 Å². The van der Waals surface area contributed by atoms with E-state index in [1.54, 1.807) is 0 Å². The van der Waals surface area contributed by atoms with E-state index >= 15 is 0 Å². The van der Waals surface area contributed by atoms with Gasteiger partial charge in [0, 0.05) is 11.0 Å². The second-order valence-electron chi connectivity index (χ2n) is 7.38. The molecule has 2 unspecified atom stereocenters. The molecule has 0 radical (unpaired) electrons. The van der Waals surface area contributed by atoms with Crippen LogP contribution in [0.25, 0.3) is 0 Å². The molecule has 0 aromatic carbocycles. The summed E-state index contributed by atoms with van der Waals surface area (Å²) in [5.74, 6) is -0.391. The molecule has 2 aliphatic rings. The molecule has 1 saturated heterocycles. The van der Waals surface area contributed by atoms with Crippen molar-refractivity contribution in [3.8, 4) is 0 Å². The fraction of sp³-hybridized carbons (Fsp3) is 0.857. The van der Waals surface area contributed by atoms with Gasteiger partial charge in [-0.1, -0.05) is 13.8 Å². The van der Waals surface area contributed by atoms with Crippen LogP contribution in [0.4, 0.5) is 0 Å². The molecule has 1 saturated carbocycles. The number of fused-ring (bicyclic) bond motifs is 2. The first-order valence-electron chi connectivity index (χ1n) is 6.52. The van der Waals surface area contributed by atoms with Gasteiger partial charge in [-0.15, -0.1) is 0 Å². The lowest BCUT2D eigenvalue weighted by molar-refractivity contribution is -0.169. The van der Waals surface area contributed by atoms with Crippen LogP contribution in [0.5, 0.6) is 0 Å². The van der Waals surface area contributed by atoms with E-state index in [0.29, 0.717) is 6.42 Å². The molecule has 18 heavy (non-hydrogen) atoms. The highest BCUT2D eigenvalue weighted by molar-refractivity contribution is 5.96. The number of amides is 1. The number of nitrogens with one attached hydrogen (secondary N) is 1. The third-order valence-corrected chi connectivity index (χ3v) is 4.94. The van der Waals surface area contributed by atoms with Crippen LogP contribution in [0.15, 0.2) is 0 Å². The predicted molar refractivity (Wildman–Crippen MR) is 67.8 cm³/mol. The number of carbonyl (C=O) groups is 2. The molecule has 0 spiro atoms. The van der Waals surface area contributed by atoms with E-state index < -0.39 is 16.4 Å². The van der Waals surface area contributed by atoms with Gasteiger partial charge in [0.15, 0.2) is 5.60 Å². The van der Waals surface area contributed by atoms with E-state index in [0.717, 1.165) is 6.42 Å². The predicted octanol–water partition coefficient (Wildman–Crippen LogP) is 2.02. The molecule has 1 aliphatic carbocycles. The fourth-order valence-corrected chi connectivity index (χ4v) is 3.19. The Kier molecular flexibility index (Phi) is 2.44. The van der Waals surface area contributed by atoms with Crippen molar-refractivity contribution < 1.29 is 14.3 Å². The lowest BCUT2D eigenvalue weighted by Crippen LogP contribution is -2.57. The SMILES string of the molecule is CC(C)(C)NC(=O)C12CCC(C)(C(=O)O1)C2(C)C. The van der Waals surface area contributed by atoms with E-state index in [2.05, 4.69) is 5.32 Å². The Labute approximate surface area is 108 Å². The topological polar surface area (TPSA) is 55.4 Å². The summed E-state index contributed by atoms with van der Waals surface area (Å²) in [6.07, 6.45) is 1.33. The van der Waals surface area contributed by atoms with Crippen LogP contribution < -0.4 is 5.32 Å². The van der Waals surface area contributed by atoms with Gasteiger partial charge in [0.05, 0.1) is 5.41 Å². The molecular formula is C14H23NO3. The maximum atomic E-state index is 12.6. The Hall–Kier alpha value is -1.06. The number of hydrogen-bond donors (Lipinski definition) is 1. The Morgan fingerprint density at radius 1 is 1.22 bits per heavy atom. The van der Waals surface area contributed by atoms with Gasteiger partial charge >= 0.3 is 5.97 Å². The summed E-state index contributed by atoms with van der Waals surface area (Å²) in [6.45, 7) is 11.6. The monoisotopic (exact) mass is 253 g/mol. The highest BCUT2D eigenvalue weighted by Crippen LogP contribution is 2.65. The summed E-state index contributed by atoms with van der Waals surface area (Å²) in [6, 6.07) is 0. The van der Waals surface area contributed by atoms with Gasteiger partial charge in [-0.2, -0.15) is 0 Å². The van der Waals surface area contributed by atoms with Gasteiger partial charge in [-0.25, -0.2) is 0 Å². The zero-order valence-corrected chi connectivity index (χ0v) is 12.1. The molecule has 2 rings (SSSR count). The zero-order chi connectivity index (χ0) is 14.0. The molecule has 1 amide bonds. The Balaban J connectivity index is 2.39. The minimum absolute atomic E-state index is 0.158. The van der Waals surface area contributed by atoms with E-state index in [1.165, 1.54) is 0 Å². The molecule has 1 heterocycles. The molecule has 0 aromatic rings. The molecule has 2 bridgehead atoms. The molecule has 102 valence electrons. The second kappa shape index (κ2) is 3.28. The number of rotatable bonds is 1. The summed E-state index contributed by atoms with van der Waals surface area (Å²) in [7, 11) is 0. The maximum Gasteiger partial charge on any atom is 0.313 e. The second-order valence-corrected chi connectivity index (χ2v) is 7.38. The zero-order valence-electron chi connectivity index (χ0n) is 12.1. The largest absolute Gasteiger partial charge is 0.448 e. The van der Waals surface area contributed by atoms with E-state index in [1.807, 2.05) is 41.5 Å². The van der Waals surface area contributed by atoms with Crippen LogP contribution in [0.3, 0.4) is 0 Å². The van der Waals surface area contributed by atoms with Gasteiger partial charge in [-0.05, 0) is 40.5 Å². The van der Waals surface area contributed by atoms with Gasteiger partial charge in [0.1, 0.15) is 0 Å². The van der Waals surface area contributed by atoms with Crippen molar-refractivity contribution >= 4 is 11.9 Å². The molecule has 1 N–H and O–H groups in total. The Morgan fingerprint density at radius 2 is 1.78 bits per heavy atom. The maximum absolute atomic E-state index is 12.6. The summed E-state index contributed by atoms with van der Waals surface area (Å²) < 4.78 is 5.52. The number of hydrogen-bond acceptors (Lipinski definition) is 3. The Bertz CT molecular complexity index is 421. The van der Waals surface area contributed by atoms with Gasteiger partial charge in [-0.3, -0.25) is 9.59 Å². The lowest BCUT2D eigenvalue weighted by Gasteiger charge is -2.37. The average molecular weight is 253 g/mol. The summed E-state index contributed by atoms with van der Waals surface area (Å²) in [4.78, 5) is 24.6. The average Bonchev–Trinajstić information content (AvgIpc) is 2.45. The summed E-state index contributed by atoms with van der Waals surface area (Å²) in [5, 5.41) is 2.96. The van der Waals surface area contributed by atoms with Crippen molar-refractivity contribution in [2.45, 2.75) is 65.5 Å². The standard InChI is InChI=1S/C14H23NO3/c1-11(2,3)15-9(16)14-8-7-13(6,10(17)18-14)12(14,4)5/h7-8H2,1-6H3,(H,15,16). The van der Waals surface area contributed by atoms with Crippen LogP contribution >= 0.6 is 0 Å². The Morgan fingerprint density at radius 3 is 2.11 bits per heavy atom. The number of carbonyl (C=O) groups excluding carboxylic acids is 2. The molecule has 2 fully saturated rings. The summed E-state index contributed by atoms with van der Waals surface area (Å²) >= 11 is 0. The van der Waals surface area contributed by atoms with Crippen molar-refractivity contribution in [3.05, 3.63) is 0 Å². The molecule has 0 aromatic heterocycles. The smallest absolute Gasteiger partial charge is 0.313 e. The van der Waals surface area contributed by atoms with Crippen LogP contribution in [0.1, 0.15) is 54.4 Å². The quantitative estimate of drug-likeness (QED) is 0.727. The van der Waals surface area contributed by atoms with Crippen molar-refractivity contribution in [1.82, 2.24) is 5.32 Å².